The molecule has 0 aliphatic heterocycles. The second kappa shape index (κ2) is 3.95. The van der Waals surface area contributed by atoms with Crippen LogP contribution in [-0.4, -0.2) is 11.1 Å². The average Bonchev–Trinajstić information content (AvgIpc) is 1.99. The molecule has 0 spiro atoms. The first-order valence-corrected chi connectivity index (χ1v) is 4.61. The average molecular weight is 334 g/mol. The largest absolute Gasteiger partial charge is 0.478 e. The molecule has 0 amide bonds. The minimum absolute atomic E-state index is 0.172. The van der Waals surface area contributed by atoms with Crippen LogP contribution < -0.4 is 0 Å². The lowest BCUT2D eigenvalue weighted by Crippen LogP contribution is -2.10. The first-order chi connectivity index (χ1) is 6.73. The molecule has 7 heteroatoms. The lowest BCUT2D eigenvalue weighted by atomic mass is 10.1. The smallest absolute Gasteiger partial charge is 0.416 e. The summed E-state index contributed by atoms with van der Waals surface area (Å²) in [7, 11) is 0. The number of benzene rings is 1. The maximum Gasteiger partial charge on any atom is 0.416 e. The maximum atomic E-state index is 13.0. The van der Waals surface area contributed by atoms with Crippen LogP contribution in [0.25, 0.3) is 0 Å². The monoisotopic (exact) mass is 334 g/mol. The van der Waals surface area contributed by atoms with E-state index in [9.17, 15) is 22.4 Å². The minimum atomic E-state index is -4.68. The molecule has 1 N–H and O–H groups in total. The standard InChI is InChI=1S/C8H3F4IO2/c9-4-1-3(8(10,11)12)2-5(13)6(4)7(14)15/h1-2H,(H,14,15). The zero-order valence-electron chi connectivity index (χ0n) is 6.90. The van der Waals surface area contributed by atoms with Gasteiger partial charge in [0.05, 0.1) is 5.56 Å². The van der Waals surface area contributed by atoms with Gasteiger partial charge < -0.3 is 5.11 Å². The highest BCUT2D eigenvalue weighted by atomic mass is 127. The molecule has 1 aromatic rings. The number of halogens is 5. The minimum Gasteiger partial charge on any atom is -0.478 e. The zero-order valence-corrected chi connectivity index (χ0v) is 9.06. The quantitative estimate of drug-likeness (QED) is 0.633. The zero-order chi connectivity index (χ0) is 11.8. The van der Waals surface area contributed by atoms with E-state index in [1.165, 1.54) is 22.6 Å². The number of hydrogen-bond acceptors (Lipinski definition) is 1. The van der Waals surface area contributed by atoms with Crippen molar-refractivity contribution in [1.29, 1.82) is 0 Å². The van der Waals surface area contributed by atoms with Gasteiger partial charge in [0.1, 0.15) is 11.4 Å². The van der Waals surface area contributed by atoms with E-state index in [-0.39, 0.29) is 9.64 Å². The molecule has 2 nitrogen and oxygen atoms in total. The summed E-state index contributed by atoms with van der Waals surface area (Å²) in [6.07, 6.45) is -4.68. The molecule has 82 valence electrons. The third-order valence-electron chi connectivity index (χ3n) is 1.58. The molecule has 0 aromatic heterocycles. The Balaban J connectivity index is 3.39. The van der Waals surface area contributed by atoms with E-state index in [0.717, 1.165) is 0 Å². The van der Waals surface area contributed by atoms with Crippen LogP contribution in [-0.2, 0) is 6.18 Å². The van der Waals surface area contributed by atoms with Crippen molar-refractivity contribution in [3.05, 3.63) is 32.6 Å². The lowest BCUT2D eigenvalue weighted by molar-refractivity contribution is -0.137. The number of carboxylic acid groups (broad SMARTS) is 1. The summed E-state index contributed by atoms with van der Waals surface area (Å²) in [5.74, 6) is -2.98. The number of carboxylic acids is 1. The van der Waals surface area contributed by atoms with Crippen molar-refractivity contribution in [2.75, 3.05) is 0 Å². The molecule has 0 unspecified atom stereocenters. The molecule has 0 aliphatic rings. The molecule has 0 bridgehead atoms. The van der Waals surface area contributed by atoms with Crippen molar-refractivity contribution in [2.24, 2.45) is 0 Å². The fourth-order valence-electron chi connectivity index (χ4n) is 0.941. The van der Waals surface area contributed by atoms with E-state index in [1.807, 2.05) is 0 Å². The summed E-state index contributed by atoms with van der Waals surface area (Å²) in [5.41, 5.74) is -1.95. The molecule has 15 heavy (non-hydrogen) atoms. The first kappa shape index (κ1) is 12.2. The van der Waals surface area contributed by atoms with E-state index >= 15 is 0 Å². The van der Waals surface area contributed by atoms with Crippen molar-refractivity contribution in [1.82, 2.24) is 0 Å². The van der Waals surface area contributed by atoms with Gasteiger partial charge in [0.25, 0.3) is 0 Å². The van der Waals surface area contributed by atoms with Crippen LogP contribution >= 0.6 is 22.6 Å². The Morgan fingerprint density at radius 2 is 1.87 bits per heavy atom. The van der Waals surface area contributed by atoms with Crippen LogP contribution in [0.4, 0.5) is 17.6 Å². The normalized spacial score (nSPS) is 11.5. The molecule has 0 heterocycles. The summed E-state index contributed by atoms with van der Waals surface area (Å²) in [6, 6.07) is 0.763. The summed E-state index contributed by atoms with van der Waals surface area (Å²) in [5, 5.41) is 8.51. The van der Waals surface area contributed by atoms with Crippen LogP contribution in [0.15, 0.2) is 12.1 Å². The second-order valence-electron chi connectivity index (χ2n) is 2.62. The van der Waals surface area contributed by atoms with E-state index in [4.69, 9.17) is 5.11 Å². The topological polar surface area (TPSA) is 37.3 Å². The van der Waals surface area contributed by atoms with Gasteiger partial charge in [0.2, 0.25) is 0 Å². The van der Waals surface area contributed by atoms with Gasteiger partial charge in [-0.05, 0) is 34.7 Å². The maximum absolute atomic E-state index is 13.0. The van der Waals surface area contributed by atoms with Crippen LogP contribution in [0, 0.1) is 9.39 Å². The van der Waals surface area contributed by atoms with E-state index in [1.54, 1.807) is 0 Å². The molecular weight excluding hydrogens is 331 g/mol. The fourth-order valence-corrected chi connectivity index (χ4v) is 1.76. The molecule has 0 saturated heterocycles. The Labute approximate surface area is 95.0 Å². The number of aromatic carboxylic acids is 1. The molecule has 0 aliphatic carbocycles. The third kappa shape index (κ3) is 2.58. The van der Waals surface area contributed by atoms with Crippen molar-refractivity contribution in [3.8, 4) is 0 Å². The van der Waals surface area contributed by atoms with Crippen molar-refractivity contribution in [2.45, 2.75) is 6.18 Å². The van der Waals surface area contributed by atoms with E-state index in [0.29, 0.717) is 6.07 Å². The molecule has 1 aromatic carbocycles. The van der Waals surface area contributed by atoms with Crippen molar-refractivity contribution < 1.29 is 27.5 Å². The van der Waals surface area contributed by atoms with Crippen LogP contribution in [0.1, 0.15) is 15.9 Å². The Bertz CT molecular complexity index is 391. The molecule has 0 saturated carbocycles. The summed E-state index contributed by atoms with van der Waals surface area (Å²) in [6.45, 7) is 0. The van der Waals surface area contributed by atoms with Gasteiger partial charge in [-0.25, -0.2) is 9.18 Å². The van der Waals surface area contributed by atoms with E-state index < -0.39 is 29.1 Å². The number of carbonyl (C=O) groups is 1. The Kier molecular flexibility index (Phi) is 3.22. The Morgan fingerprint density at radius 3 is 2.20 bits per heavy atom. The van der Waals surface area contributed by atoms with E-state index in [2.05, 4.69) is 0 Å². The molecule has 0 atom stereocenters. The Morgan fingerprint density at radius 1 is 1.33 bits per heavy atom. The lowest BCUT2D eigenvalue weighted by Gasteiger charge is -2.09. The number of hydrogen-bond donors (Lipinski definition) is 1. The van der Waals surface area contributed by atoms with Crippen LogP contribution in [0.2, 0.25) is 0 Å². The predicted octanol–water partition coefficient (Wildman–Crippen LogP) is 3.15. The molecular formula is C8H3F4IO2. The van der Waals surface area contributed by atoms with Gasteiger partial charge in [0, 0.05) is 3.57 Å². The summed E-state index contributed by atoms with van der Waals surface area (Å²) < 4.78 is 49.2. The van der Waals surface area contributed by atoms with Gasteiger partial charge in [-0.2, -0.15) is 13.2 Å². The molecule has 1 rings (SSSR count). The van der Waals surface area contributed by atoms with Crippen molar-refractivity contribution in [3.63, 3.8) is 0 Å². The fraction of sp³-hybridized carbons (Fsp3) is 0.125. The first-order valence-electron chi connectivity index (χ1n) is 3.53. The Hall–Kier alpha value is -0.860. The molecule has 0 radical (unpaired) electrons. The van der Waals surface area contributed by atoms with Crippen LogP contribution in [0.5, 0.6) is 0 Å². The highest BCUT2D eigenvalue weighted by Crippen LogP contribution is 2.32. The third-order valence-corrected chi connectivity index (χ3v) is 2.43. The highest BCUT2D eigenvalue weighted by Gasteiger charge is 2.32. The summed E-state index contributed by atoms with van der Waals surface area (Å²) >= 11 is 1.35. The van der Waals surface area contributed by atoms with Gasteiger partial charge in [0.15, 0.2) is 0 Å². The van der Waals surface area contributed by atoms with Crippen LogP contribution in [0.3, 0.4) is 0 Å². The van der Waals surface area contributed by atoms with Gasteiger partial charge in [-0.15, -0.1) is 0 Å². The number of rotatable bonds is 1. The van der Waals surface area contributed by atoms with Gasteiger partial charge in [-0.3, -0.25) is 0 Å². The van der Waals surface area contributed by atoms with Gasteiger partial charge >= 0.3 is 12.1 Å². The second-order valence-corrected chi connectivity index (χ2v) is 3.78. The highest BCUT2D eigenvalue weighted by molar-refractivity contribution is 14.1. The van der Waals surface area contributed by atoms with Gasteiger partial charge in [-0.1, -0.05) is 0 Å². The van der Waals surface area contributed by atoms with Crippen molar-refractivity contribution >= 4 is 28.6 Å². The number of alkyl halides is 3. The summed E-state index contributed by atoms with van der Waals surface area (Å²) in [4.78, 5) is 10.5. The molecule has 0 fully saturated rings. The predicted molar refractivity (Wildman–Crippen MR) is 51.1 cm³/mol. The SMILES string of the molecule is O=C(O)c1c(F)cc(C(F)(F)F)cc1I.